The zero-order valence-electron chi connectivity index (χ0n) is 17.6. The molecule has 1 aliphatic rings. The number of rotatable bonds is 8. The highest BCUT2D eigenvalue weighted by molar-refractivity contribution is 14.0. The van der Waals surface area contributed by atoms with Crippen LogP contribution in [0.5, 0.6) is 0 Å². The van der Waals surface area contributed by atoms with E-state index in [4.69, 9.17) is 4.99 Å². The first-order chi connectivity index (χ1) is 12.9. The molecule has 1 unspecified atom stereocenters. The number of carbonyl (C=O) groups is 1. The van der Waals surface area contributed by atoms with E-state index in [9.17, 15) is 4.79 Å². The van der Waals surface area contributed by atoms with E-state index in [1.807, 2.05) is 49.0 Å². The summed E-state index contributed by atoms with van der Waals surface area (Å²) in [5, 5.41) is 15.2. The third-order valence-corrected chi connectivity index (χ3v) is 5.41. The molecule has 2 heterocycles. The van der Waals surface area contributed by atoms with Crippen LogP contribution in [0, 0.1) is 12.8 Å². The van der Waals surface area contributed by atoms with E-state index >= 15 is 0 Å². The Balaban J connectivity index is 0.00000392. The van der Waals surface area contributed by atoms with Crippen LogP contribution in [0.15, 0.2) is 4.99 Å². The quantitative estimate of drug-likeness (QED) is 0.234. The van der Waals surface area contributed by atoms with Gasteiger partial charge < -0.3 is 20.1 Å². The second-order valence-electron chi connectivity index (χ2n) is 7.23. The van der Waals surface area contributed by atoms with Gasteiger partial charge in [-0.3, -0.25) is 4.79 Å². The summed E-state index contributed by atoms with van der Waals surface area (Å²) in [5.74, 6) is 3.87. The van der Waals surface area contributed by atoms with Crippen molar-refractivity contribution in [1.82, 2.24) is 30.3 Å². The van der Waals surface area contributed by atoms with Gasteiger partial charge in [0.15, 0.2) is 11.8 Å². The maximum absolute atomic E-state index is 12.2. The molecule has 1 amide bonds. The number of amides is 1. The molecule has 0 spiro atoms. The predicted molar refractivity (Wildman–Crippen MR) is 126 cm³/mol. The van der Waals surface area contributed by atoms with Crippen LogP contribution in [0.3, 0.4) is 0 Å². The Bertz CT molecular complexity index is 650. The van der Waals surface area contributed by atoms with E-state index in [1.165, 1.54) is 0 Å². The van der Waals surface area contributed by atoms with Crippen LogP contribution in [-0.4, -0.2) is 69.2 Å². The molecule has 0 aliphatic carbocycles. The molecule has 28 heavy (non-hydrogen) atoms. The van der Waals surface area contributed by atoms with Crippen LogP contribution >= 0.6 is 35.7 Å². The fourth-order valence-corrected chi connectivity index (χ4v) is 3.38. The Morgan fingerprint density at radius 3 is 2.75 bits per heavy atom. The number of thioether (sulfide) groups is 1. The van der Waals surface area contributed by atoms with Crippen molar-refractivity contribution in [3.8, 4) is 0 Å². The van der Waals surface area contributed by atoms with Crippen molar-refractivity contribution < 1.29 is 4.79 Å². The molecule has 1 fully saturated rings. The summed E-state index contributed by atoms with van der Waals surface area (Å²) in [6.07, 6.45) is 4.13. The van der Waals surface area contributed by atoms with Gasteiger partial charge in [0.2, 0.25) is 5.91 Å². The van der Waals surface area contributed by atoms with Crippen molar-refractivity contribution in [2.24, 2.45) is 18.0 Å². The first kappa shape index (κ1) is 25.0. The molecule has 8 nitrogen and oxygen atoms in total. The fourth-order valence-electron chi connectivity index (χ4n) is 2.95. The third kappa shape index (κ3) is 7.41. The van der Waals surface area contributed by atoms with Crippen molar-refractivity contribution in [2.45, 2.75) is 46.2 Å². The van der Waals surface area contributed by atoms with Crippen molar-refractivity contribution >= 4 is 47.6 Å². The lowest BCUT2D eigenvalue weighted by molar-refractivity contribution is -0.133. The number of likely N-dealkylation sites (tertiary alicyclic amines) is 1. The number of hydrogen-bond acceptors (Lipinski definition) is 5. The molecule has 160 valence electrons. The van der Waals surface area contributed by atoms with Gasteiger partial charge >= 0.3 is 0 Å². The Morgan fingerprint density at radius 2 is 2.14 bits per heavy atom. The van der Waals surface area contributed by atoms with E-state index in [0.717, 1.165) is 55.8 Å². The first-order valence-corrected chi connectivity index (χ1v) is 11.0. The highest BCUT2D eigenvalue weighted by Crippen LogP contribution is 2.13. The largest absolute Gasteiger partial charge is 0.356 e. The zero-order valence-corrected chi connectivity index (χ0v) is 20.7. The molecule has 1 atom stereocenters. The average molecular weight is 523 g/mol. The monoisotopic (exact) mass is 523 g/mol. The molecule has 1 aromatic rings. The SMILES string of the molecule is CSCCCNC(=NCc1nnc(C)n1C)NC1CCN(C(=O)C(C)C)C1.I. The minimum Gasteiger partial charge on any atom is -0.356 e. The number of carbonyl (C=O) groups excluding carboxylic acids is 1. The number of aliphatic imine (C=N–C) groups is 1. The number of aromatic nitrogens is 3. The van der Waals surface area contributed by atoms with Gasteiger partial charge in [-0.15, -0.1) is 34.2 Å². The molecule has 0 bridgehead atoms. The smallest absolute Gasteiger partial charge is 0.225 e. The average Bonchev–Trinajstić information content (AvgIpc) is 3.23. The van der Waals surface area contributed by atoms with E-state index in [2.05, 4.69) is 27.1 Å². The molecule has 0 radical (unpaired) electrons. The lowest BCUT2D eigenvalue weighted by atomic mass is 10.2. The van der Waals surface area contributed by atoms with Crippen LogP contribution < -0.4 is 10.6 Å². The second-order valence-corrected chi connectivity index (χ2v) is 8.21. The summed E-state index contributed by atoms with van der Waals surface area (Å²) >= 11 is 1.84. The summed E-state index contributed by atoms with van der Waals surface area (Å²) in [5.41, 5.74) is 0. The zero-order chi connectivity index (χ0) is 19.8. The molecule has 2 N–H and O–H groups in total. The number of aryl methyl sites for hydroxylation is 1. The lowest BCUT2D eigenvalue weighted by Gasteiger charge is -2.20. The van der Waals surface area contributed by atoms with Gasteiger partial charge in [-0.2, -0.15) is 11.8 Å². The van der Waals surface area contributed by atoms with E-state index < -0.39 is 0 Å². The summed E-state index contributed by atoms with van der Waals surface area (Å²) in [4.78, 5) is 18.8. The van der Waals surface area contributed by atoms with Gasteiger partial charge in [-0.05, 0) is 31.8 Å². The van der Waals surface area contributed by atoms with Gasteiger partial charge in [-0.1, -0.05) is 13.8 Å². The fraction of sp³-hybridized carbons (Fsp3) is 0.778. The molecule has 10 heteroatoms. The number of nitrogens with zero attached hydrogens (tertiary/aromatic N) is 5. The number of hydrogen-bond donors (Lipinski definition) is 2. The van der Waals surface area contributed by atoms with Gasteiger partial charge in [0, 0.05) is 38.6 Å². The van der Waals surface area contributed by atoms with Crippen LogP contribution in [0.2, 0.25) is 0 Å². The molecular weight excluding hydrogens is 489 g/mol. The minimum atomic E-state index is 0. The van der Waals surface area contributed by atoms with Crippen LogP contribution in [0.4, 0.5) is 0 Å². The molecule has 1 saturated heterocycles. The minimum absolute atomic E-state index is 0. The summed E-state index contributed by atoms with van der Waals surface area (Å²) < 4.78 is 1.95. The summed E-state index contributed by atoms with van der Waals surface area (Å²) in [6, 6.07) is 0.223. The predicted octanol–water partition coefficient (Wildman–Crippen LogP) is 1.79. The number of nitrogens with one attached hydrogen (secondary N) is 2. The summed E-state index contributed by atoms with van der Waals surface area (Å²) in [6.45, 7) is 8.70. The van der Waals surface area contributed by atoms with Crippen molar-refractivity contribution in [2.75, 3.05) is 31.6 Å². The Morgan fingerprint density at radius 1 is 1.39 bits per heavy atom. The van der Waals surface area contributed by atoms with Crippen LogP contribution in [0.1, 0.15) is 38.3 Å². The van der Waals surface area contributed by atoms with Crippen LogP contribution in [0.25, 0.3) is 0 Å². The Kier molecular flexibility index (Phi) is 11.2. The first-order valence-electron chi connectivity index (χ1n) is 9.59. The van der Waals surface area contributed by atoms with Crippen LogP contribution in [-0.2, 0) is 18.4 Å². The van der Waals surface area contributed by atoms with Gasteiger partial charge in [0.05, 0.1) is 0 Å². The van der Waals surface area contributed by atoms with Crippen molar-refractivity contribution in [1.29, 1.82) is 0 Å². The van der Waals surface area contributed by atoms with Crippen molar-refractivity contribution in [3.63, 3.8) is 0 Å². The molecule has 0 aromatic carbocycles. The molecule has 0 saturated carbocycles. The van der Waals surface area contributed by atoms with Crippen molar-refractivity contribution in [3.05, 3.63) is 11.6 Å². The molecule has 1 aromatic heterocycles. The molecular formula is C18H34IN7OS. The number of halogens is 1. The van der Waals surface area contributed by atoms with E-state index in [-0.39, 0.29) is 41.8 Å². The summed E-state index contributed by atoms with van der Waals surface area (Å²) in [7, 11) is 1.95. The van der Waals surface area contributed by atoms with Gasteiger partial charge in [0.25, 0.3) is 0 Å². The standard InChI is InChI=1S/C18H33N7OS.HI/c1-13(2)17(26)25-9-7-15(12-25)21-18(19-8-6-10-27-5)20-11-16-23-22-14(3)24(16)4;/h13,15H,6-12H2,1-5H3,(H2,19,20,21);1H. The number of guanidine groups is 1. The van der Waals surface area contributed by atoms with E-state index in [0.29, 0.717) is 6.54 Å². The topological polar surface area (TPSA) is 87.4 Å². The highest BCUT2D eigenvalue weighted by Gasteiger charge is 2.28. The lowest BCUT2D eigenvalue weighted by Crippen LogP contribution is -2.45. The Hall–Kier alpha value is -1.04. The van der Waals surface area contributed by atoms with E-state index in [1.54, 1.807) is 0 Å². The maximum atomic E-state index is 12.2. The van der Waals surface area contributed by atoms with Gasteiger partial charge in [0.1, 0.15) is 12.4 Å². The maximum Gasteiger partial charge on any atom is 0.225 e. The normalized spacial score (nSPS) is 17.0. The Labute approximate surface area is 189 Å². The third-order valence-electron chi connectivity index (χ3n) is 4.71. The van der Waals surface area contributed by atoms with Gasteiger partial charge in [-0.25, -0.2) is 4.99 Å². The molecule has 1 aliphatic heterocycles. The molecule has 2 rings (SSSR count). The second kappa shape index (κ2) is 12.5. The highest BCUT2D eigenvalue weighted by atomic mass is 127.